The lowest BCUT2D eigenvalue weighted by Crippen LogP contribution is -2.28. The topological polar surface area (TPSA) is 47.6 Å². The smallest absolute Gasteiger partial charge is 0.407 e. The van der Waals surface area contributed by atoms with Crippen molar-refractivity contribution in [2.45, 2.75) is 31.9 Å². The first-order valence-electron chi connectivity index (χ1n) is 5.87. The zero-order valence-electron chi connectivity index (χ0n) is 10.4. The van der Waals surface area contributed by atoms with Crippen molar-refractivity contribution >= 4 is 17.7 Å². The summed E-state index contributed by atoms with van der Waals surface area (Å²) in [4.78, 5) is 11.1. The van der Waals surface area contributed by atoms with Crippen LogP contribution in [0.25, 0.3) is 0 Å². The molecule has 1 amide bonds. The van der Waals surface area contributed by atoms with E-state index in [1.807, 2.05) is 25.2 Å². The number of allylic oxidation sites excluding steroid dienone is 4. The number of hydrogen-bond donors (Lipinski definition) is 1. The summed E-state index contributed by atoms with van der Waals surface area (Å²) in [5, 5.41) is 3.30. The highest BCUT2D eigenvalue weighted by atomic mass is 35.5. The Bertz CT molecular complexity index is 440. The van der Waals surface area contributed by atoms with Crippen molar-refractivity contribution in [3.8, 4) is 0 Å². The Labute approximate surface area is 111 Å². The molecule has 0 unspecified atom stereocenters. The van der Waals surface area contributed by atoms with Crippen LogP contribution in [0.15, 0.2) is 34.6 Å². The fourth-order valence-electron chi connectivity index (χ4n) is 2.04. The lowest BCUT2D eigenvalue weighted by molar-refractivity contribution is 0.133. The maximum atomic E-state index is 11.1. The first-order valence-corrected chi connectivity index (χ1v) is 6.25. The summed E-state index contributed by atoms with van der Waals surface area (Å²) in [6.07, 6.45) is 6.71. The highest BCUT2D eigenvalue weighted by molar-refractivity contribution is 6.31. The molecule has 1 saturated heterocycles. The minimum Gasteiger partial charge on any atom is -0.495 e. The molecule has 0 radical (unpaired) electrons. The van der Waals surface area contributed by atoms with Gasteiger partial charge in [0.2, 0.25) is 0 Å². The number of rotatable bonds is 3. The number of ether oxygens (including phenoxy) is 2. The Morgan fingerprint density at radius 1 is 1.61 bits per heavy atom. The Kier molecular flexibility index (Phi) is 3.97. The van der Waals surface area contributed by atoms with Gasteiger partial charge in [0.05, 0.1) is 18.2 Å². The quantitative estimate of drug-likeness (QED) is 0.857. The van der Waals surface area contributed by atoms with E-state index < -0.39 is 0 Å². The zero-order valence-corrected chi connectivity index (χ0v) is 11.2. The van der Waals surface area contributed by atoms with Crippen LogP contribution in [0.4, 0.5) is 4.79 Å². The lowest BCUT2D eigenvalue weighted by atomic mass is 10.0. The van der Waals surface area contributed by atoms with Gasteiger partial charge < -0.3 is 14.8 Å². The molecule has 1 N–H and O–H groups in total. The fraction of sp³-hybridized carbons (Fsp3) is 0.462. The van der Waals surface area contributed by atoms with Crippen LogP contribution in [-0.4, -0.2) is 25.3 Å². The van der Waals surface area contributed by atoms with Gasteiger partial charge in [0.1, 0.15) is 11.9 Å². The van der Waals surface area contributed by atoms with E-state index in [1.165, 1.54) is 0 Å². The van der Waals surface area contributed by atoms with Gasteiger partial charge in [-0.3, -0.25) is 0 Å². The van der Waals surface area contributed by atoms with Gasteiger partial charge in [-0.25, -0.2) is 4.79 Å². The van der Waals surface area contributed by atoms with Gasteiger partial charge in [-0.05, 0) is 25.5 Å². The van der Waals surface area contributed by atoms with E-state index in [-0.39, 0.29) is 18.2 Å². The summed E-state index contributed by atoms with van der Waals surface area (Å²) >= 11 is 6.14. The van der Waals surface area contributed by atoms with Crippen LogP contribution >= 0.6 is 11.6 Å². The van der Waals surface area contributed by atoms with Crippen molar-refractivity contribution < 1.29 is 14.3 Å². The van der Waals surface area contributed by atoms with Crippen LogP contribution in [0, 0.1) is 0 Å². The predicted octanol–water partition coefficient (Wildman–Crippen LogP) is 2.86. The molecule has 1 fully saturated rings. The third-order valence-corrected chi connectivity index (χ3v) is 3.36. The van der Waals surface area contributed by atoms with Gasteiger partial charge in [0, 0.05) is 6.42 Å². The molecule has 4 nitrogen and oxygen atoms in total. The molecule has 98 valence electrons. The molecule has 2 rings (SSSR count). The summed E-state index contributed by atoms with van der Waals surface area (Å²) in [5.41, 5.74) is 1.12. The average molecular weight is 270 g/mol. The number of nitrogens with one attached hydrogen (secondary N) is 1. The molecule has 0 aromatic carbocycles. The Morgan fingerprint density at radius 3 is 3.00 bits per heavy atom. The molecule has 0 aromatic heterocycles. The number of carbonyl (C=O) groups is 1. The van der Waals surface area contributed by atoms with Crippen LogP contribution in [0.2, 0.25) is 0 Å². The van der Waals surface area contributed by atoms with E-state index in [0.717, 1.165) is 12.0 Å². The summed E-state index contributed by atoms with van der Waals surface area (Å²) in [5.74, 6) is 0.654. The standard InChI is InChI=1S/C13H16ClNO3/c1-8-12(18-13(16)15-8)7-9-4-3-5-11(17-2)10(14)6-9/h3,5-6,8,12H,4,7H2,1-2H3,(H,15,16)/t8-,12+/m0/s1. The summed E-state index contributed by atoms with van der Waals surface area (Å²) < 4.78 is 10.4. The van der Waals surface area contributed by atoms with Crippen molar-refractivity contribution in [1.82, 2.24) is 5.32 Å². The molecule has 2 aliphatic rings. The molecule has 1 heterocycles. The Hall–Kier alpha value is -1.42. The van der Waals surface area contributed by atoms with Crippen LogP contribution in [-0.2, 0) is 9.47 Å². The minimum absolute atomic E-state index is 0.0234. The number of methoxy groups -OCH3 is 1. The van der Waals surface area contributed by atoms with Gasteiger partial charge >= 0.3 is 6.09 Å². The van der Waals surface area contributed by atoms with Crippen molar-refractivity contribution in [1.29, 1.82) is 0 Å². The molecule has 5 heteroatoms. The second kappa shape index (κ2) is 5.48. The average Bonchev–Trinajstić information content (AvgIpc) is 2.53. The lowest BCUT2D eigenvalue weighted by Gasteiger charge is -2.14. The van der Waals surface area contributed by atoms with Crippen molar-refractivity contribution in [3.63, 3.8) is 0 Å². The van der Waals surface area contributed by atoms with E-state index in [4.69, 9.17) is 21.1 Å². The molecule has 2 atom stereocenters. The first-order chi connectivity index (χ1) is 8.60. The second-order valence-electron chi connectivity index (χ2n) is 4.41. The van der Waals surface area contributed by atoms with Crippen molar-refractivity contribution in [2.75, 3.05) is 7.11 Å². The van der Waals surface area contributed by atoms with Crippen LogP contribution < -0.4 is 5.32 Å². The predicted molar refractivity (Wildman–Crippen MR) is 69.2 cm³/mol. The zero-order chi connectivity index (χ0) is 13.1. The van der Waals surface area contributed by atoms with E-state index in [2.05, 4.69) is 5.32 Å². The molecule has 0 bridgehead atoms. The van der Waals surface area contributed by atoms with Crippen LogP contribution in [0.1, 0.15) is 19.8 Å². The summed E-state index contributed by atoms with van der Waals surface area (Å²) in [6.45, 7) is 1.93. The van der Waals surface area contributed by atoms with Gasteiger partial charge in [-0.15, -0.1) is 0 Å². The van der Waals surface area contributed by atoms with E-state index in [1.54, 1.807) is 7.11 Å². The molecule has 0 saturated carbocycles. The summed E-state index contributed by atoms with van der Waals surface area (Å²) in [7, 11) is 1.59. The number of halogens is 1. The third-order valence-electron chi connectivity index (χ3n) is 3.06. The largest absolute Gasteiger partial charge is 0.495 e. The Morgan fingerprint density at radius 2 is 2.39 bits per heavy atom. The second-order valence-corrected chi connectivity index (χ2v) is 4.81. The molecule has 0 spiro atoms. The number of alkyl carbamates (subject to hydrolysis) is 1. The molecule has 1 aliphatic heterocycles. The van der Waals surface area contributed by atoms with Crippen LogP contribution in [0.5, 0.6) is 0 Å². The molecule has 1 aliphatic carbocycles. The van der Waals surface area contributed by atoms with Crippen molar-refractivity contribution in [3.05, 3.63) is 34.6 Å². The van der Waals surface area contributed by atoms with E-state index >= 15 is 0 Å². The maximum absolute atomic E-state index is 11.1. The maximum Gasteiger partial charge on any atom is 0.407 e. The third kappa shape index (κ3) is 2.88. The highest BCUT2D eigenvalue weighted by Gasteiger charge is 2.30. The van der Waals surface area contributed by atoms with Crippen molar-refractivity contribution in [2.24, 2.45) is 0 Å². The van der Waals surface area contributed by atoms with Gasteiger partial charge in [-0.1, -0.05) is 23.3 Å². The van der Waals surface area contributed by atoms with Crippen LogP contribution in [0.3, 0.4) is 0 Å². The number of carbonyl (C=O) groups excluding carboxylic acids is 1. The normalized spacial score (nSPS) is 27.5. The number of hydrogen-bond acceptors (Lipinski definition) is 3. The molecular weight excluding hydrogens is 254 g/mol. The molecular formula is C13H16ClNO3. The first kappa shape index (κ1) is 13.0. The molecule has 18 heavy (non-hydrogen) atoms. The van der Waals surface area contributed by atoms with Gasteiger partial charge in [0.25, 0.3) is 0 Å². The fourth-order valence-corrected chi connectivity index (χ4v) is 2.34. The van der Waals surface area contributed by atoms with E-state index in [9.17, 15) is 4.79 Å². The SMILES string of the molecule is COC1=C(Cl)C=C(C[C@H]2OC(=O)N[C@H]2C)CC=C1. The van der Waals surface area contributed by atoms with E-state index in [0.29, 0.717) is 17.2 Å². The van der Waals surface area contributed by atoms with Gasteiger partial charge in [0.15, 0.2) is 0 Å². The number of cyclic esters (lactones) is 1. The Balaban J connectivity index is 2.08. The highest BCUT2D eigenvalue weighted by Crippen LogP contribution is 2.26. The monoisotopic (exact) mass is 269 g/mol. The minimum atomic E-state index is -0.350. The van der Waals surface area contributed by atoms with Gasteiger partial charge in [-0.2, -0.15) is 0 Å². The molecule has 0 aromatic rings. The summed E-state index contributed by atoms with van der Waals surface area (Å²) in [6, 6.07) is 0.0234. The number of amides is 1.